The lowest BCUT2D eigenvalue weighted by atomic mass is 10.00. The predicted molar refractivity (Wildman–Crippen MR) is 62.9 cm³/mol. The smallest absolute Gasteiger partial charge is 0.310 e. The minimum atomic E-state index is -4.09. The van der Waals surface area contributed by atoms with E-state index in [-0.39, 0.29) is 12.5 Å². The van der Waals surface area contributed by atoms with Gasteiger partial charge in [-0.2, -0.15) is 13.2 Å². The zero-order valence-corrected chi connectivity index (χ0v) is 10.1. The minimum Gasteiger partial charge on any atom is -0.310 e. The van der Waals surface area contributed by atoms with Crippen LogP contribution in [0.15, 0.2) is 24.3 Å². The highest BCUT2D eigenvalue weighted by Gasteiger charge is 2.28. The second-order valence-corrected chi connectivity index (χ2v) is 4.18. The van der Waals surface area contributed by atoms with E-state index in [4.69, 9.17) is 0 Å². The normalized spacial score (nSPS) is 13.7. The molecule has 0 aliphatic rings. The van der Waals surface area contributed by atoms with E-state index in [0.29, 0.717) is 6.54 Å². The maximum Gasteiger partial charge on any atom is 0.389 e. The van der Waals surface area contributed by atoms with Crippen LogP contribution in [0.5, 0.6) is 0 Å². The fourth-order valence-electron chi connectivity index (χ4n) is 1.83. The molecule has 1 unspecified atom stereocenters. The third-order valence-electron chi connectivity index (χ3n) is 2.61. The van der Waals surface area contributed by atoms with Gasteiger partial charge in [0.05, 0.1) is 0 Å². The summed E-state index contributed by atoms with van der Waals surface area (Å²) in [6.07, 6.45) is -4.75. The van der Waals surface area contributed by atoms with Crippen LogP contribution >= 0.6 is 0 Å². The lowest BCUT2D eigenvalue weighted by molar-refractivity contribution is -0.136. The number of hydrogen-bond donors (Lipinski definition) is 1. The predicted octanol–water partition coefficient (Wildman–Crippen LogP) is 3.99. The Kier molecular flexibility index (Phi) is 5.00. The van der Waals surface area contributed by atoms with Gasteiger partial charge in [-0.3, -0.25) is 0 Å². The van der Waals surface area contributed by atoms with Crippen molar-refractivity contribution in [1.82, 2.24) is 5.32 Å². The Morgan fingerprint density at radius 1 is 1.29 bits per heavy atom. The average molecular weight is 245 g/mol. The van der Waals surface area contributed by atoms with Crippen molar-refractivity contribution in [2.75, 3.05) is 6.54 Å². The second kappa shape index (κ2) is 6.05. The van der Waals surface area contributed by atoms with Crippen molar-refractivity contribution in [3.05, 3.63) is 35.4 Å². The van der Waals surface area contributed by atoms with Crippen LogP contribution in [-0.2, 0) is 0 Å². The quantitative estimate of drug-likeness (QED) is 0.827. The maximum absolute atomic E-state index is 12.2. The molecule has 0 saturated heterocycles. The number of nitrogens with one attached hydrogen (secondary N) is 1. The monoisotopic (exact) mass is 245 g/mol. The van der Waals surface area contributed by atoms with Gasteiger partial charge in [0.1, 0.15) is 0 Å². The van der Waals surface area contributed by atoms with E-state index >= 15 is 0 Å². The summed E-state index contributed by atoms with van der Waals surface area (Å²) < 4.78 is 36.7. The first kappa shape index (κ1) is 14.0. The van der Waals surface area contributed by atoms with Crippen LogP contribution in [0.1, 0.15) is 36.9 Å². The zero-order valence-electron chi connectivity index (χ0n) is 10.1. The first-order chi connectivity index (χ1) is 7.92. The molecule has 1 aromatic rings. The third kappa shape index (κ3) is 5.22. The van der Waals surface area contributed by atoms with E-state index in [1.54, 1.807) is 0 Å². The molecule has 0 spiro atoms. The lowest BCUT2D eigenvalue weighted by Crippen LogP contribution is -2.23. The molecular weight excluding hydrogens is 227 g/mol. The molecule has 0 aliphatic heterocycles. The van der Waals surface area contributed by atoms with Crippen molar-refractivity contribution in [3.8, 4) is 0 Å². The molecule has 1 atom stereocenters. The molecular formula is C13H18F3N. The van der Waals surface area contributed by atoms with Gasteiger partial charge in [0.15, 0.2) is 0 Å². The van der Waals surface area contributed by atoms with Crippen molar-refractivity contribution in [3.63, 3.8) is 0 Å². The summed E-state index contributed by atoms with van der Waals surface area (Å²) >= 11 is 0. The van der Waals surface area contributed by atoms with Gasteiger partial charge in [-0.15, -0.1) is 0 Å². The fourth-order valence-corrected chi connectivity index (χ4v) is 1.83. The Bertz CT molecular complexity index is 347. The van der Waals surface area contributed by atoms with Gasteiger partial charge in [0, 0.05) is 12.5 Å². The molecule has 0 aromatic heterocycles. The Hall–Kier alpha value is -1.03. The Balaban J connectivity index is 2.71. The lowest BCUT2D eigenvalue weighted by Gasteiger charge is -2.19. The fraction of sp³-hybridized carbons (Fsp3) is 0.538. The van der Waals surface area contributed by atoms with Gasteiger partial charge >= 0.3 is 6.18 Å². The summed E-state index contributed by atoms with van der Waals surface area (Å²) in [5.41, 5.74) is 1.99. The van der Waals surface area contributed by atoms with E-state index in [0.717, 1.165) is 11.1 Å². The molecule has 0 bridgehead atoms. The van der Waals surface area contributed by atoms with Gasteiger partial charge in [0.25, 0.3) is 0 Å². The number of halogens is 3. The Morgan fingerprint density at radius 3 is 2.53 bits per heavy atom. The average Bonchev–Trinajstić information content (AvgIpc) is 2.23. The number of hydrogen-bond acceptors (Lipinski definition) is 1. The van der Waals surface area contributed by atoms with Gasteiger partial charge in [-0.25, -0.2) is 0 Å². The van der Waals surface area contributed by atoms with Crippen molar-refractivity contribution >= 4 is 0 Å². The van der Waals surface area contributed by atoms with Gasteiger partial charge in [-0.05, 0) is 25.5 Å². The SMILES string of the molecule is CCNC(CCC(F)(F)F)c1cccc(C)c1. The minimum absolute atomic E-state index is 0.0841. The summed E-state index contributed by atoms with van der Waals surface area (Å²) in [5, 5.41) is 3.10. The second-order valence-electron chi connectivity index (χ2n) is 4.18. The summed E-state index contributed by atoms with van der Waals surface area (Å²) in [5.74, 6) is 0. The molecule has 1 nitrogen and oxygen atoms in total. The third-order valence-corrected chi connectivity index (χ3v) is 2.61. The van der Waals surface area contributed by atoms with Crippen molar-refractivity contribution in [2.24, 2.45) is 0 Å². The van der Waals surface area contributed by atoms with Crippen LogP contribution in [0.2, 0.25) is 0 Å². The molecule has 0 heterocycles. The number of alkyl halides is 3. The highest BCUT2D eigenvalue weighted by Crippen LogP contribution is 2.27. The molecule has 0 fully saturated rings. The van der Waals surface area contributed by atoms with Gasteiger partial charge in [-0.1, -0.05) is 36.8 Å². The molecule has 4 heteroatoms. The maximum atomic E-state index is 12.2. The number of rotatable bonds is 5. The largest absolute Gasteiger partial charge is 0.389 e. The molecule has 1 aromatic carbocycles. The number of benzene rings is 1. The molecule has 17 heavy (non-hydrogen) atoms. The van der Waals surface area contributed by atoms with E-state index in [9.17, 15) is 13.2 Å². The van der Waals surface area contributed by atoms with Gasteiger partial charge in [0.2, 0.25) is 0 Å². The van der Waals surface area contributed by atoms with Crippen LogP contribution in [-0.4, -0.2) is 12.7 Å². The van der Waals surface area contributed by atoms with Crippen LogP contribution in [0.25, 0.3) is 0 Å². The molecule has 0 aliphatic carbocycles. The Morgan fingerprint density at radius 2 is 2.00 bits per heavy atom. The molecule has 0 radical (unpaired) electrons. The highest BCUT2D eigenvalue weighted by molar-refractivity contribution is 5.25. The zero-order chi connectivity index (χ0) is 12.9. The Labute approximate surface area is 100 Å². The van der Waals surface area contributed by atoms with E-state index < -0.39 is 12.6 Å². The highest BCUT2D eigenvalue weighted by atomic mass is 19.4. The topological polar surface area (TPSA) is 12.0 Å². The standard InChI is InChI=1S/C13H18F3N/c1-3-17-12(7-8-13(14,15)16)11-6-4-5-10(2)9-11/h4-6,9,12,17H,3,7-8H2,1-2H3. The van der Waals surface area contributed by atoms with Crippen molar-refractivity contribution in [1.29, 1.82) is 0 Å². The molecule has 0 saturated carbocycles. The molecule has 0 amide bonds. The molecule has 1 N–H and O–H groups in total. The van der Waals surface area contributed by atoms with Crippen LogP contribution in [0.3, 0.4) is 0 Å². The van der Waals surface area contributed by atoms with Crippen LogP contribution in [0, 0.1) is 6.92 Å². The van der Waals surface area contributed by atoms with E-state index in [1.807, 2.05) is 38.1 Å². The summed E-state index contributed by atoms with van der Waals surface area (Å²) in [7, 11) is 0. The van der Waals surface area contributed by atoms with E-state index in [1.165, 1.54) is 0 Å². The first-order valence-corrected chi connectivity index (χ1v) is 5.79. The molecule has 1 rings (SSSR count). The summed E-state index contributed by atoms with van der Waals surface area (Å²) in [6.45, 7) is 4.50. The van der Waals surface area contributed by atoms with Crippen molar-refractivity contribution < 1.29 is 13.2 Å². The van der Waals surface area contributed by atoms with Gasteiger partial charge < -0.3 is 5.32 Å². The number of aryl methyl sites for hydroxylation is 1. The van der Waals surface area contributed by atoms with E-state index in [2.05, 4.69) is 5.32 Å². The summed E-state index contributed by atoms with van der Waals surface area (Å²) in [6, 6.07) is 7.40. The molecule has 96 valence electrons. The van der Waals surface area contributed by atoms with Crippen LogP contribution in [0.4, 0.5) is 13.2 Å². The summed E-state index contributed by atoms with van der Waals surface area (Å²) in [4.78, 5) is 0. The van der Waals surface area contributed by atoms with Crippen molar-refractivity contribution in [2.45, 2.75) is 38.9 Å². The van der Waals surface area contributed by atoms with Crippen LogP contribution < -0.4 is 5.32 Å². The first-order valence-electron chi connectivity index (χ1n) is 5.79.